The second kappa shape index (κ2) is 5.40. The zero-order valence-electron chi connectivity index (χ0n) is 11.4. The predicted molar refractivity (Wildman–Crippen MR) is 93.5 cm³/mol. The van der Waals surface area contributed by atoms with E-state index in [0.29, 0.717) is 15.7 Å². The molecule has 1 amide bonds. The fourth-order valence-electron chi connectivity index (χ4n) is 1.94. The number of thiophene rings is 1. The van der Waals surface area contributed by atoms with Crippen LogP contribution in [0, 0.1) is 13.8 Å². The molecular formula is C14H12BrN3OS2. The van der Waals surface area contributed by atoms with Crippen LogP contribution >= 0.6 is 38.6 Å². The molecule has 21 heavy (non-hydrogen) atoms. The Bertz CT molecular complexity index is 834. The lowest BCUT2D eigenvalue weighted by Crippen LogP contribution is -2.11. The van der Waals surface area contributed by atoms with Gasteiger partial charge in [0.1, 0.15) is 4.88 Å². The first-order valence-electron chi connectivity index (χ1n) is 6.18. The highest BCUT2D eigenvalue weighted by Crippen LogP contribution is 2.36. The predicted octanol–water partition coefficient (Wildman–Crippen LogP) is 4.57. The number of hydrogen-bond donors (Lipinski definition) is 2. The van der Waals surface area contributed by atoms with Crippen LogP contribution in [-0.2, 0) is 0 Å². The highest BCUT2D eigenvalue weighted by molar-refractivity contribution is 9.10. The van der Waals surface area contributed by atoms with Crippen LogP contribution in [0.2, 0.25) is 0 Å². The lowest BCUT2D eigenvalue weighted by molar-refractivity contribution is 0.103. The van der Waals surface area contributed by atoms with Gasteiger partial charge in [0.25, 0.3) is 5.91 Å². The van der Waals surface area contributed by atoms with Crippen LogP contribution in [-0.4, -0.2) is 10.9 Å². The molecule has 0 saturated heterocycles. The monoisotopic (exact) mass is 381 g/mol. The van der Waals surface area contributed by atoms with Gasteiger partial charge in [-0.05, 0) is 32.0 Å². The Kier molecular flexibility index (Phi) is 3.73. The van der Waals surface area contributed by atoms with Gasteiger partial charge in [-0.15, -0.1) is 22.7 Å². The number of aromatic nitrogens is 1. The normalized spacial score (nSPS) is 11.0. The zero-order valence-corrected chi connectivity index (χ0v) is 14.6. The van der Waals surface area contributed by atoms with Crippen molar-refractivity contribution in [1.82, 2.24) is 4.98 Å². The van der Waals surface area contributed by atoms with Crippen molar-refractivity contribution in [1.29, 1.82) is 0 Å². The van der Waals surface area contributed by atoms with Crippen LogP contribution in [0.5, 0.6) is 0 Å². The number of halogens is 1. The Morgan fingerprint density at radius 2 is 2.10 bits per heavy atom. The molecule has 0 aliphatic carbocycles. The van der Waals surface area contributed by atoms with Crippen LogP contribution in [0.3, 0.4) is 0 Å². The van der Waals surface area contributed by atoms with Gasteiger partial charge in [-0.2, -0.15) is 0 Å². The number of amides is 1. The number of nitrogens with two attached hydrogens (primary N) is 1. The highest BCUT2D eigenvalue weighted by Gasteiger charge is 2.18. The largest absolute Gasteiger partial charge is 0.397 e. The van der Waals surface area contributed by atoms with E-state index in [-0.39, 0.29) is 5.91 Å². The van der Waals surface area contributed by atoms with E-state index in [4.69, 9.17) is 5.73 Å². The molecule has 0 atom stereocenters. The summed E-state index contributed by atoms with van der Waals surface area (Å²) in [5, 5.41) is 4.32. The van der Waals surface area contributed by atoms with Crippen molar-refractivity contribution < 1.29 is 4.79 Å². The maximum atomic E-state index is 12.4. The standard InChI is InChI=1S/C14H12BrN3OS2/c1-6-7(2)20-14(17-6)18-13(19)12-11(16)9-5-8(15)3-4-10(9)21-12/h3-5H,16H2,1-2H3,(H,17,18,19). The molecule has 0 unspecified atom stereocenters. The van der Waals surface area contributed by atoms with E-state index in [0.717, 1.165) is 25.1 Å². The summed E-state index contributed by atoms with van der Waals surface area (Å²) >= 11 is 6.27. The molecule has 0 fully saturated rings. The zero-order chi connectivity index (χ0) is 15.1. The molecule has 0 bridgehead atoms. The van der Waals surface area contributed by atoms with Gasteiger partial charge < -0.3 is 5.73 Å². The number of nitrogen functional groups attached to an aromatic ring is 1. The number of hydrogen-bond acceptors (Lipinski definition) is 5. The summed E-state index contributed by atoms with van der Waals surface area (Å²) in [4.78, 5) is 18.3. The van der Waals surface area contributed by atoms with Crippen molar-refractivity contribution in [3.8, 4) is 0 Å². The average Bonchev–Trinajstić information content (AvgIpc) is 2.91. The van der Waals surface area contributed by atoms with Crippen molar-refractivity contribution in [3.63, 3.8) is 0 Å². The number of anilines is 2. The van der Waals surface area contributed by atoms with Gasteiger partial charge in [-0.25, -0.2) is 4.98 Å². The summed E-state index contributed by atoms with van der Waals surface area (Å²) in [7, 11) is 0. The Morgan fingerprint density at radius 1 is 1.33 bits per heavy atom. The van der Waals surface area contributed by atoms with Crippen molar-refractivity contribution in [3.05, 3.63) is 38.1 Å². The summed E-state index contributed by atoms with van der Waals surface area (Å²) in [6.45, 7) is 3.90. The maximum Gasteiger partial charge on any atom is 0.269 e. The molecule has 3 N–H and O–H groups in total. The molecular weight excluding hydrogens is 370 g/mol. The number of rotatable bonds is 2. The number of nitrogens with zero attached hydrogens (tertiary/aromatic N) is 1. The molecule has 0 radical (unpaired) electrons. The molecule has 0 spiro atoms. The Hall–Kier alpha value is -1.44. The van der Waals surface area contributed by atoms with Gasteiger partial charge in [0.15, 0.2) is 5.13 Å². The van der Waals surface area contributed by atoms with E-state index in [1.807, 2.05) is 32.0 Å². The van der Waals surface area contributed by atoms with Gasteiger partial charge in [-0.1, -0.05) is 15.9 Å². The average molecular weight is 382 g/mol. The molecule has 0 aliphatic rings. The molecule has 2 heterocycles. The summed E-state index contributed by atoms with van der Waals surface area (Å²) < 4.78 is 1.94. The number of carbonyl (C=O) groups excluding carboxylic acids is 1. The van der Waals surface area contributed by atoms with Gasteiger partial charge in [0.2, 0.25) is 0 Å². The number of aryl methyl sites for hydroxylation is 2. The summed E-state index contributed by atoms with van der Waals surface area (Å²) in [6, 6.07) is 5.82. The number of nitrogens with one attached hydrogen (secondary N) is 1. The van der Waals surface area contributed by atoms with Crippen molar-refractivity contribution in [2.24, 2.45) is 0 Å². The minimum Gasteiger partial charge on any atom is -0.397 e. The van der Waals surface area contributed by atoms with E-state index < -0.39 is 0 Å². The van der Waals surface area contributed by atoms with Gasteiger partial charge >= 0.3 is 0 Å². The first kappa shape index (κ1) is 14.5. The molecule has 3 aromatic rings. The second-order valence-electron chi connectivity index (χ2n) is 4.60. The van der Waals surface area contributed by atoms with Crippen LogP contribution in [0.25, 0.3) is 10.1 Å². The smallest absolute Gasteiger partial charge is 0.269 e. The summed E-state index contributed by atoms with van der Waals surface area (Å²) in [5.41, 5.74) is 7.56. The third-order valence-corrected chi connectivity index (χ3v) is 5.81. The molecule has 7 heteroatoms. The molecule has 2 aromatic heterocycles. The third-order valence-electron chi connectivity index (χ3n) is 3.14. The van der Waals surface area contributed by atoms with E-state index in [2.05, 4.69) is 26.2 Å². The second-order valence-corrected chi connectivity index (χ2v) is 7.77. The first-order chi connectivity index (χ1) is 9.95. The molecule has 108 valence electrons. The van der Waals surface area contributed by atoms with Crippen LogP contribution in [0.15, 0.2) is 22.7 Å². The van der Waals surface area contributed by atoms with E-state index in [9.17, 15) is 4.79 Å². The number of thiazole rings is 1. The minimum atomic E-state index is -0.210. The SMILES string of the molecule is Cc1nc(NC(=O)c2sc3ccc(Br)cc3c2N)sc1C. The van der Waals surface area contributed by atoms with E-state index in [1.165, 1.54) is 22.7 Å². The highest BCUT2D eigenvalue weighted by atomic mass is 79.9. The number of carbonyl (C=O) groups is 1. The summed E-state index contributed by atoms with van der Waals surface area (Å²) in [6.07, 6.45) is 0. The van der Waals surface area contributed by atoms with Crippen LogP contribution in [0.1, 0.15) is 20.2 Å². The van der Waals surface area contributed by atoms with Gasteiger partial charge in [0.05, 0.1) is 11.4 Å². The fraction of sp³-hybridized carbons (Fsp3) is 0.143. The number of benzene rings is 1. The summed E-state index contributed by atoms with van der Waals surface area (Å²) in [5.74, 6) is -0.210. The first-order valence-corrected chi connectivity index (χ1v) is 8.61. The third kappa shape index (κ3) is 2.68. The quantitative estimate of drug-likeness (QED) is 0.682. The maximum absolute atomic E-state index is 12.4. The molecule has 4 nitrogen and oxygen atoms in total. The van der Waals surface area contributed by atoms with Gasteiger partial charge in [-0.3, -0.25) is 10.1 Å². The van der Waals surface area contributed by atoms with E-state index >= 15 is 0 Å². The van der Waals surface area contributed by atoms with Crippen LogP contribution < -0.4 is 11.1 Å². The minimum absolute atomic E-state index is 0.210. The topological polar surface area (TPSA) is 68.0 Å². The lowest BCUT2D eigenvalue weighted by Gasteiger charge is -2.00. The number of fused-ring (bicyclic) bond motifs is 1. The Morgan fingerprint density at radius 3 is 2.76 bits per heavy atom. The Balaban J connectivity index is 1.96. The molecule has 0 aliphatic heterocycles. The van der Waals surface area contributed by atoms with Crippen molar-refractivity contribution in [2.75, 3.05) is 11.1 Å². The lowest BCUT2D eigenvalue weighted by atomic mass is 10.2. The molecule has 3 rings (SSSR count). The van der Waals surface area contributed by atoms with Crippen molar-refractivity contribution in [2.45, 2.75) is 13.8 Å². The molecule has 0 saturated carbocycles. The van der Waals surface area contributed by atoms with Crippen LogP contribution in [0.4, 0.5) is 10.8 Å². The Labute approximate surface area is 138 Å². The molecule has 1 aromatic carbocycles. The van der Waals surface area contributed by atoms with Gasteiger partial charge in [0, 0.05) is 19.4 Å². The fourth-order valence-corrected chi connectivity index (χ4v) is 4.11. The van der Waals surface area contributed by atoms with E-state index in [1.54, 1.807) is 0 Å². The van der Waals surface area contributed by atoms with Crippen molar-refractivity contribution >= 4 is 65.4 Å².